The Morgan fingerprint density at radius 1 is 1.21 bits per heavy atom. The highest BCUT2D eigenvalue weighted by Crippen LogP contribution is 2.39. The topological polar surface area (TPSA) is 129 Å². The average Bonchev–Trinajstić information content (AvgIpc) is 3.33. The lowest BCUT2D eigenvalue weighted by Crippen LogP contribution is -2.43. The van der Waals surface area contributed by atoms with Crippen LogP contribution in [0.3, 0.4) is 0 Å². The van der Waals surface area contributed by atoms with E-state index in [9.17, 15) is 17.6 Å². The van der Waals surface area contributed by atoms with E-state index in [1.54, 1.807) is 7.05 Å². The van der Waals surface area contributed by atoms with Gasteiger partial charge < -0.3 is 25.6 Å². The standard InChI is InChI=1S/C29H35ClFN7O4S/c1-37-11-9-18(10-12-37)33-28(39)20-14-23(25(42-3)15-22(20)31)35-29-32-16-21(30)27(36-29)34-24-13-17-7-5-6-8-19(17)26(24)38(2)43(4,40)41/h5-8,14-16,18,24,26H,9-13H2,1-4H3,(H,33,39)(H2,32,34,35,36)/t24-,26+/m1/s1. The summed E-state index contributed by atoms with van der Waals surface area (Å²) >= 11 is 6.48. The number of benzene rings is 2. The molecule has 2 heterocycles. The lowest BCUT2D eigenvalue weighted by Gasteiger charge is -2.29. The molecular formula is C29H35ClFN7O4S. The number of anilines is 3. The molecule has 0 saturated carbocycles. The maximum atomic E-state index is 15.0. The fourth-order valence-corrected chi connectivity index (χ4v) is 6.41. The Hall–Kier alpha value is -3.52. The maximum Gasteiger partial charge on any atom is 0.254 e. The van der Waals surface area contributed by atoms with E-state index >= 15 is 0 Å². The molecule has 14 heteroatoms. The van der Waals surface area contributed by atoms with E-state index < -0.39 is 27.8 Å². The zero-order valence-electron chi connectivity index (χ0n) is 24.4. The molecule has 1 aliphatic carbocycles. The van der Waals surface area contributed by atoms with Crippen molar-refractivity contribution in [1.29, 1.82) is 0 Å². The van der Waals surface area contributed by atoms with E-state index in [2.05, 4.69) is 30.8 Å². The molecule has 3 N–H and O–H groups in total. The second-order valence-corrected chi connectivity index (χ2v) is 13.4. The average molecular weight is 632 g/mol. The number of aromatic nitrogens is 2. The number of hydrogen-bond donors (Lipinski definition) is 3. The lowest BCUT2D eigenvalue weighted by molar-refractivity contribution is 0.0912. The van der Waals surface area contributed by atoms with Crippen molar-refractivity contribution in [3.8, 4) is 5.75 Å². The largest absolute Gasteiger partial charge is 0.494 e. The molecule has 1 aliphatic heterocycles. The summed E-state index contributed by atoms with van der Waals surface area (Å²) in [6.07, 6.45) is 4.69. The molecule has 5 rings (SSSR count). The molecule has 2 aliphatic rings. The van der Waals surface area contributed by atoms with Crippen LogP contribution in [0, 0.1) is 5.82 Å². The highest BCUT2D eigenvalue weighted by molar-refractivity contribution is 7.88. The Morgan fingerprint density at radius 3 is 2.63 bits per heavy atom. The van der Waals surface area contributed by atoms with Gasteiger partial charge in [0.2, 0.25) is 16.0 Å². The minimum Gasteiger partial charge on any atom is -0.494 e. The number of carbonyl (C=O) groups is 1. The van der Waals surface area contributed by atoms with Crippen LogP contribution < -0.4 is 20.7 Å². The van der Waals surface area contributed by atoms with Gasteiger partial charge >= 0.3 is 0 Å². The van der Waals surface area contributed by atoms with Gasteiger partial charge in [0.05, 0.1) is 42.9 Å². The molecule has 1 aromatic heterocycles. The summed E-state index contributed by atoms with van der Waals surface area (Å²) in [4.78, 5) is 24.0. The predicted octanol–water partition coefficient (Wildman–Crippen LogP) is 3.81. The SMILES string of the molecule is COc1cc(F)c(C(=O)NC2CCN(C)CC2)cc1Nc1ncc(Cl)c(N[C@@H]2Cc3ccccc3[C@@H]2N(C)S(C)(=O)=O)n1. The van der Waals surface area contributed by atoms with Crippen molar-refractivity contribution < 1.29 is 22.3 Å². The van der Waals surface area contributed by atoms with Gasteiger partial charge in [-0.05, 0) is 56.6 Å². The van der Waals surface area contributed by atoms with Crippen LogP contribution in [-0.2, 0) is 16.4 Å². The second-order valence-electron chi connectivity index (χ2n) is 11.0. The number of likely N-dealkylation sites (N-methyl/N-ethyl adjacent to an activating group) is 1. The van der Waals surface area contributed by atoms with Crippen molar-refractivity contribution in [2.24, 2.45) is 0 Å². The number of halogens is 2. The first kappa shape index (κ1) is 30.9. The van der Waals surface area contributed by atoms with E-state index in [4.69, 9.17) is 16.3 Å². The van der Waals surface area contributed by atoms with Crippen molar-refractivity contribution >= 4 is 45.0 Å². The predicted molar refractivity (Wildman–Crippen MR) is 164 cm³/mol. The molecule has 1 amide bonds. The zero-order chi connectivity index (χ0) is 30.9. The van der Waals surface area contributed by atoms with E-state index in [1.165, 1.54) is 29.9 Å². The van der Waals surface area contributed by atoms with E-state index in [1.807, 2.05) is 31.3 Å². The summed E-state index contributed by atoms with van der Waals surface area (Å²) in [5.41, 5.74) is 2.07. The van der Waals surface area contributed by atoms with Gasteiger partial charge in [-0.15, -0.1) is 0 Å². The number of rotatable bonds is 9. The number of nitrogens with zero attached hydrogens (tertiary/aromatic N) is 4. The van der Waals surface area contributed by atoms with Crippen LogP contribution in [0.25, 0.3) is 0 Å². The molecule has 0 spiro atoms. The van der Waals surface area contributed by atoms with Gasteiger partial charge in [0.25, 0.3) is 5.91 Å². The number of sulfonamides is 1. The summed E-state index contributed by atoms with van der Waals surface area (Å²) in [7, 11) is 1.46. The highest BCUT2D eigenvalue weighted by atomic mass is 35.5. The molecule has 1 fully saturated rings. The molecule has 43 heavy (non-hydrogen) atoms. The molecule has 0 radical (unpaired) electrons. The number of carbonyl (C=O) groups excluding carboxylic acids is 1. The normalized spacial score (nSPS) is 19.2. The molecule has 2 atom stereocenters. The molecule has 2 aromatic carbocycles. The first-order valence-electron chi connectivity index (χ1n) is 13.9. The summed E-state index contributed by atoms with van der Waals surface area (Å²) < 4.78 is 46.7. The van der Waals surface area contributed by atoms with Gasteiger partial charge in [0.1, 0.15) is 16.6 Å². The van der Waals surface area contributed by atoms with E-state index in [0.29, 0.717) is 6.42 Å². The number of piperidine rings is 1. The van der Waals surface area contributed by atoms with E-state index in [0.717, 1.165) is 43.1 Å². The van der Waals surface area contributed by atoms with Crippen LogP contribution in [0.4, 0.5) is 21.8 Å². The third-order valence-corrected chi connectivity index (χ3v) is 9.56. The molecular weight excluding hydrogens is 597 g/mol. The van der Waals surface area contributed by atoms with Crippen LogP contribution in [-0.4, -0.2) is 86.1 Å². The summed E-state index contributed by atoms with van der Waals surface area (Å²) in [5, 5.41) is 9.49. The minimum atomic E-state index is -3.51. The smallest absolute Gasteiger partial charge is 0.254 e. The monoisotopic (exact) mass is 631 g/mol. The Labute approximate surface area is 255 Å². The first-order valence-corrected chi connectivity index (χ1v) is 16.1. The van der Waals surface area contributed by atoms with Crippen molar-refractivity contribution in [3.05, 3.63) is 70.1 Å². The van der Waals surface area contributed by atoms with Crippen molar-refractivity contribution in [2.45, 2.75) is 37.4 Å². The van der Waals surface area contributed by atoms with Crippen LogP contribution >= 0.6 is 11.6 Å². The second kappa shape index (κ2) is 12.6. The minimum absolute atomic E-state index is 0.0397. The van der Waals surface area contributed by atoms with Crippen LogP contribution in [0.1, 0.15) is 40.4 Å². The fraction of sp³-hybridized carbons (Fsp3) is 0.414. The molecule has 0 bridgehead atoms. The van der Waals surface area contributed by atoms with Gasteiger partial charge in [0.15, 0.2) is 5.82 Å². The lowest BCUT2D eigenvalue weighted by atomic mass is 10.0. The Bertz CT molecular complexity index is 1620. The number of methoxy groups -OCH3 is 1. The van der Waals surface area contributed by atoms with Crippen LogP contribution in [0.2, 0.25) is 5.02 Å². The zero-order valence-corrected chi connectivity index (χ0v) is 26.0. The van der Waals surface area contributed by atoms with Crippen LogP contribution in [0.5, 0.6) is 5.75 Å². The Balaban J connectivity index is 1.39. The number of hydrogen-bond acceptors (Lipinski definition) is 9. The number of ether oxygens (including phenoxy) is 1. The Kier molecular flexibility index (Phi) is 9.07. The molecule has 1 saturated heterocycles. The van der Waals surface area contributed by atoms with E-state index in [-0.39, 0.29) is 45.9 Å². The molecule has 3 aromatic rings. The van der Waals surface area contributed by atoms with Gasteiger partial charge in [-0.2, -0.15) is 9.29 Å². The van der Waals surface area contributed by atoms with Gasteiger partial charge in [0, 0.05) is 19.2 Å². The van der Waals surface area contributed by atoms with Gasteiger partial charge in [-0.3, -0.25) is 4.79 Å². The molecule has 0 unspecified atom stereocenters. The summed E-state index contributed by atoms with van der Waals surface area (Å²) in [6.45, 7) is 1.71. The highest BCUT2D eigenvalue weighted by Gasteiger charge is 2.39. The van der Waals surface area contributed by atoms with Gasteiger partial charge in [-0.1, -0.05) is 35.9 Å². The number of amides is 1. The summed E-state index contributed by atoms with van der Waals surface area (Å²) in [6, 6.07) is 9.29. The third-order valence-electron chi connectivity index (χ3n) is 8.01. The van der Waals surface area contributed by atoms with Crippen molar-refractivity contribution in [1.82, 2.24) is 24.5 Å². The third kappa shape index (κ3) is 6.85. The van der Waals surface area contributed by atoms with Crippen LogP contribution in [0.15, 0.2) is 42.6 Å². The Morgan fingerprint density at radius 2 is 1.93 bits per heavy atom. The van der Waals surface area contributed by atoms with Crippen molar-refractivity contribution in [3.63, 3.8) is 0 Å². The van der Waals surface area contributed by atoms with Crippen molar-refractivity contribution in [2.75, 3.05) is 51.2 Å². The molecule has 230 valence electrons. The number of likely N-dealkylation sites (tertiary alicyclic amines) is 1. The summed E-state index contributed by atoms with van der Waals surface area (Å²) in [5.74, 6) is -0.678. The molecule has 11 nitrogen and oxygen atoms in total. The number of nitrogens with one attached hydrogen (secondary N) is 3. The maximum absolute atomic E-state index is 15.0. The van der Waals surface area contributed by atoms with Gasteiger partial charge in [-0.25, -0.2) is 17.8 Å². The fourth-order valence-electron chi connectivity index (χ4n) is 5.60. The number of fused-ring (bicyclic) bond motifs is 1. The quantitative estimate of drug-likeness (QED) is 0.323. The first-order chi connectivity index (χ1) is 20.4.